The number of nitrogens with one attached hydrogen (secondary N) is 1. The molecule has 0 radical (unpaired) electrons. The molecular weight excluding hydrogens is 446 g/mol. The van der Waals surface area contributed by atoms with Gasteiger partial charge in [0.2, 0.25) is 0 Å². The lowest BCUT2D eigenvalue weighted by molar-refractivity contribution is -0.290. The van der Waals surface area contributed by atoms with Crippen LogP contribution in [0.4, 0.5) is 35.1 Å². The summed E-state index contributed by atoms with van der Waals surface area (Å²) >= 11 is 0. The minimum absolute atomic E-state index is 0.0349. The van der Waals surface area contributed by atoms with Crippen LogP contribution in [0.3, 0.4) is 0 Å². The second-order valence-electron chi connectivity index (χ2n) is 6.16. The smallest absolute Gasteiger partial charge is 0.456 e. The first-order chi connectivity index (χ1) is 14.3. The molecule has 6 nitrogen and oxygen atoms in total. The third-order valence-electron chi connectivity index (χ3n) is 3.85. The van der Waals surface area contributed by atoms with E-state index >= 15 is 0 Å². The van der Waals surface area contributed by atoms with Crippen molar-refractivity contribution < 1.29 is 44.6 Å². The fraction of sp³-hybridized carbons (Fsp3) is 0.294. The predicted molar refractivity (Wildman–Crippen MR) is 89.7 cm³/mol. The lowest BCUT2D eigenvalue weighted by Crippen LogP contribution is -2.42. The minimum atomic E-state index is -5.90. The van der Waals surface area contributed by atoms with E-state index < -0.39 is 43.1 Å². The van der Waals surface area contributed by atoms with E-state index in [0.717, 1.165) is 24.3 Å². The van der Waals surface area contributed by atoms with Crippen molar-refractivity contribution in [3.05, 3.63) is 46.9 Å². The maximum absolute atomic E-state index is 13.3. The Morgan fingerprint density at radius 3 is 2.13 bits per heavy atom. The van der Waals surface area contributed by atoms with E-state index in [1.807, 2.05) is 0 Å². The summed E-state index contributed by atoms with van der Waals surface area (Å²) < 4.78 is 110. The van der Waals surface area contributed by atoms with Crippen molar-refractivity contribution in [2.75, 3.05) is 13.2 Å². The van der Waals surface area contributed by atoms with Gasteiger partial charge in [-0.3, -0.25) is 4.79 Å². The Kier molecular flexibility index (Phi) is 5.58. The molecular formula is C17H11F8N3O3. The summed E-state index contributed by atoms with van der Waals surface area (Å²) in [4.78, 5) is 19.0. The molecule has 0 bridgehead atoms. The van der Waals surface area contributed by atoms with Gasteiger partial charge in [-0.05, 0) is 30.3 Å². The molecule has 0 amide bonds. The summed E-state index contributed by atoms with van der Waals surface area (Å²) in [6, 6.07) is 4.67. The Bertz CT molecular complexity index is 1120. The Hall–Kier alpha value is -3.32. The number of halogens is 8. The van der Waals surface area contributed by atoms with Crippen LogP contribution < -0.4 is 15.0 Å². The van der Waals surface area contributed by atoms with Crippen LogP contribution in [0, 0.1) is 0 Å². The number of rotatable bonds is 6. The van der Waals surface area contributed by atoms with Crippen molar-refractivity contribution >= 4 is 11.0 Å². The van der Waals surface area contributed by atoms with Gasteiger partial charge >= 0.3 is 24.3 Å². The summed E-state index contributed by atoms with van der Waals surface area (Å²) in [7, 11) is 0. The molecule has 2 aromatic heterocycles. The van der Waals surface area contributed by atoms with Gasteiger partial charge in [-0.25, -0.2) is 4.57 Å². The molecule has 0 saturated carbocycles. The molecule has 0 unspecified atom stereocenters. The zero-order valence-electron chi connectivity index (χ0n) is 15.0. The molecule has 0 saturated heterocycles. The predicted octanol–water partition coefficient (Wildman–Crippen LogP) is 4.23. The van der Waals surface area contributed by atoms with Crippen molar-refractivity contribution in [2.45, 2.75) is 18.3 Å². The van der Waals surface area contributed by atoms with E-state index in [1.54, 1.807) is 0 Å². The fourth-order valence-corrected chi connectivity index (χ4v) is 2.40. The number of nitrogens with zero attached hydrogens (tertiary/aromatic N) is 2. The molecule has 0 fully saturated rings. The summed E-state index contributed by atoms with van der Waals surface area (Å²) in [5, 5.41) is -0.0349. The van der Waals surface area contributed by atoms with Crippen molar-refractivity contribution in [1.82, 2.24) is 14.5 Å². The third-order valence-corrected chi connectivity index (χ3v) is 3.85. The topological polar surface area (TPSA) is 69.1 Å². The summed E-state index contributed by atoms with van der Waals surface area (Å²) in [5.74, 6) is -5.45. The molecule has 3 rings (SSSR count). The zero-order valence-corrected chi connectivity index (χ0v) is 15.0. The number of aromatic amines is 1. The Labute approximate surface area is 167 Å². The van der Waals surface area contributed by atoms with Crippen LogP contribution in [0.5, 0.6) is 11.8 Å². The maximum Gasteiger partial charge on any atom is 0.456 e. The van der Waals surface area contributed by atoms with Crippen LogP contribution in [-0.2, 0) is 0 Å². The van der Waals surface area contributed by atoms with Gasteiger partial charge in [0.05, 0.1) is 11.1 Å². The molecule has 0 aliphatic rings. The highest BCUT2D eigenvalue weighted by Crippen LogP contribution is 2.35. The number of aromatic nitrogens is 3. The average molecular weight is 457 g/mol. The van der Waals surface area contributed by atoms with Crippen molar-refractivity contribution in [2.24, 2.45) is 0 Å². The van der Waals surface area contributed by atoms with Gasteiger partial charge in [-0.1, -0.05) is 0 Å². The van der Waals surface area contributed by atoms with Gasteiger partial charge in [-0.15, -0.1) is 0 Å². The molecule has 0 aliphatic heterocycles. The molecule has 0 aliphatic carbocycles. The van der Waals surface area contributed by atoms with Crippen LogP contribution in [0.2, 0.25) is 0 Å². The Morgan fingerprint density at radius 1 is 0.903 bits per heavy atom. The zero-order chi connectivity index (χ0) is 23.0. The lowest BCUT2D eigenvalue weighted by atomic mass is 10.3. The van der Waals surface area contributed by atoms with Gasteiger partial charge in [-0.2, -0.15) is 40.1 Å². The van der Waals surface area contributed by atoms with E-state index in [4.69, 9.17) is 0 Å². The van der Waals surface area contributed by atoms with Gasteiger partial charge in [0.15, 0.2) is 13.2 Å². The molecule has 0 spiro atoms. The molecule has 3 aromatic rings. The van der Waals surface area contributed by atoms with Crippen LogP contribution in [0.1, 0.15) is 0 Å². The largest absolute Gasteiger partial charge is 0.484 e. The van der Waals surface area contributed by atoms with Gasteiger partial charge < -0.3 is 14.5 Å². The third kappa shape index (κ3) is 4.88. The lowest BCUT2D eigenvalue weighted by Gasteiger charge is -2.20. The van der Waals surface area contributed by atoms with Crippen molar-refractivity contribution in [3.8, 4) is 17.4 Å². The molecule has 0 atom stereocenters. The SMILES string of the molecule is O=c1c2cc[nH]c2nc(OCC(F)(F)C(F)(F)F)n1-c1ccc(OCC(F)(F)F)cc1. The summed E-state index contributed by atoms with van der Waals surface area (Å²) in [5.41, 5.74) is -1.12. The molecule has 14 heteroatoms. The van der Waals surface area contributed by atoms with Crippen molar-refractivity contribution in [1.29, 1.82) is 0 Å². The number of alkyl halides is 8. The molecule has 1 aromatic carbocycles. The van der Waals surface area contributed by atoms with Crippen LogP contribution in [0.25, 0.3) is 16.7 Å². The molecule has 31 heavy (non-hydrogen) atoms. The highest BCUT2D eigenvalue weighted by Gasteiger charge is 2.58. The van der Waals surface area contributed by atoms with Gasteiger partial charge in [0.25, 0.3) is 5.56 Å². The van der Waals surface area contributed by atoms with E-state index in [0.29, 0.717) is 4.57 Å². The highest BCUT2D eigenvalue weighted by molar-refractivity contribution is 5.75. The van der Waals surface area contributed by atoms with E-state index in [-0.39, 0.29) is 22.5 Å². The highest BCUT2D eigenvalue weighted by atomic mass is 19.4. The number of hydrogen-bond acceptors (Lipinski definition) is 4. The minimum Gasteiger partial charge on any atom is -0.484 e. The Morgan fingerprint density at radius 2 is 1.55 bits per heavy atom. The molecule has 1 N–H and O–H groups in total. The quantitative estimate of drug-likeness (QED) is 0.563. The normalized spacial score (nSPS) is 12.9. The monoisotopic (exact) mass is 457 g/mol. The van der Waals surface area contributed by atoms with Crippen LogP contribution in [-0.4, -0.2) is 46.0 Å². The first-order valence-electron chi connectivity index (χ1n) is 8.26. The van der Waals surface area contributed by atoms with Crippen LogP contribution >= 0.6 is 0 Å². The van der Waals surface area contributed by atoms with Crippen LogP contribution in [0.15, 0.2) is 41.3 Å². The standard InChI is InChI=1S/C17H11F8N3O3/c18-15(19,17(23,24)25)7-31-14-27-12-11(5-6-26-12)13(29)28(14)9-1-3-10(4-2-9)30-8-16(20,21)22/h1-6,26H,7-8H2. The maximum atomic E-state index is 13.3. The number of fused-ring (bicyclic) bond motifs is 1. The molecule has 168 valence electrons. The second-order valence-corrected chi connectivity index (χ2v) is 6.16. The molecule has 2 heterocycles. The number of ether oxygens (including phenoxy) is 2. The number of H-pyrrole nitrogens is 1. The van der Waals surface area contributed by atoms with Gasteiger partial charge in [0, 0.05) is 6.20 Å². The van der Waals surface area contributed by atoms with E-state index in [2.05, 4.69) is 19.4 Å². The number of benzene rings is 1. The summed E-state index contributed by atoms with van der Waals surface area (Å²) in [6.07, 6.45) is -9.21. The van der Waals surface area contributed by atoms with Crippen molar-refractivity contribution in [3.63, 3.8) is 0 Å². The Balaban J connectivity index is 1.98. The van der Waals surface area contributed by atoms with Gasteiger partial charge in [0.1, 0.15) is 11.4 Å². The first-order valence-corrected chi connectivity index (χ1v) is 8.26. The second kappa shape index (κ2) is 7.74. The first kappa shape index (κ1) is 22.4. The fourth-order valence-electron chi connectivity index (χ4n) is 2.40. The van der Waals surface area contributed by atoms with E-state index in [1.165, 1.54) is 12.3 Å². The van der Waals surface area contributed by atoms with E-state index in [9.17, 15) is 39.9 Å². The number of hydrogen-bond donors (Lipinski definition) is 1. The average Bonchev–Trinajstić information content (AvgIpc) is 3.13. The summed E-state index contributed by atoms with van der Waals surface area (Å²) in [6.45, 7) is -3.73.